The Hall–Kier alpha value is -1.39. The standard InChI is InChI=1S/C19H29N3O/c20-18-9-5-7-16(18)13-19(23)21-17-8-4-6-15(12-17)14-22-10-2-1-3-11-22/h4,6,8,12,16,18H,1-3,5,7,9-11,13-14,20H2,(H,21,23)/t16-,18+/m0/s1. The number of anilines is 1. The molecule has 3 N–H and O–H groups in total. The van der Waals surface area contributed by atoms with Crippen LogP contribution in [0.4, 0.5) is 5.69 Å². The topological polar surface area (TPSA) is 58.4 Å². The molecule has 0 spiro atoms. The molecule has 0 unspecified atom stereocenters. The van der Waals surface area contributed by atoms with Gasteiger partial charge in [-0.1, -0.05) is 25.0 Å². The van der Waals surface area contributed by atoms with E-state index in [2.05, 4.69) is 22.3 Å². The number of hydrogen-bond donors (Lipinski definition) is 2. The summed E-state index contributed by atoms with van der Waals surface area (Å²) in [4.78, 5) is 14.7. The average Bonchev–Trinajstić information content (AvgIpc) is 2.93. The molecule has 1 aromatic rings. The maximum atomic E-state index is 12.2. The van der Waals surface area contributed by atoms with Crippen molar-refractivity contribution in [1.82, 2.24) is 4.90 Å². The number of likely N-dealkylation sites (tertiary alicyclic amines) is 1. The minimum Gasteiger partial charge on any atom is -0.327 e. The van der Waals surface area contributed by atoms with E-state index in [1.165, 1.54) is 37.9 Å². The van der Waals surface area contributed by atoms with Crippen LogP contribution in [0.15, 0.2) is 24.3 Å². The van der Waals surface area contributed by atoms with E-state index >= 15 is 0 Å². The van der Waals surface area contributed by atoms with Crippen LogP contribution >= 0.6 is 0 Å². The molecule has 0 bridgehead atoms. The summed E-state index contributed by atoms with van der Waals surface area (Å²) < 4.78 is 0. The molecule has 126 valence electrons. The van der Waals surface area contributed by atoms with Gasteiger partial charge in [0.1, 0.15) is 0 Å². The maximum absolute atomic E-state index is 12.2. The Morgan fingerprint density at radius 1 is 1.17 bits per heavy atom. The van der Waals surface area contributed by atoms with Gasteiger partial charge in [0, 0.05) is 24.7 Å². The average molecular weight is 315 g/mol. The molecule has 3 rings (SSSR count). The van der Waals surface area contributed by atoms with Crippen LogP contribution in [0.25, 0.3) is 0 Å². The van der Waals surface area contributed by atoms with E-state index in [0.29, 0.717) is 12.3 Å². The van der Waals surface area contributed by atoms with Crippen LogP contribution in [0.1, 0.15) is 50.5 Å². The predicted molar refractivity (Wildman–Crippen MR) is 94.1 cm³/mol. The molecular weight excluding hydrogens is 286 g/mol. The third-order valence-electron chi connectivity index (χ3n) is 5.23. The number of piperidine rings is 1. The molecule has 2 atom stereocenters. The molecule has 1 aliphatic carbocycles. The van der Waals surface area contributed by atoms with Gasteiger partial charge in [0.05, 0.1) is 0 Å². The lowest BCUT2D eigenvalue weighted by atomic mass is 10.00. The number of nitrogens with zero attached hydrogens (tertiary/aromatic N) is 1. The van der Waals surface area contributed by atoms with Gasteiger partial charge in [-0.2, -0.15) is 0 Å². The van der Waals surface area contributed by atoms with Gasteiger partial charge in [-0.3, -0.25) is 9.69 Å². The Bertz CT molecular complexity index is 525. The lowest BCUT2D eigenvalue weighted by molar-refractivity contribution is -0.117. The number of nitrogens with two attached hydrogens (primary N) is 1. The highest BCUT2D eigenvalue weighted by Crippen LogP contribution is 2.27. The number of rotatable bonds is 5. The molecule has 4 nitrogen and oxygen atoms in total. The number of benzene rings is 1. The summed E-state index contributed by atoms with van der Waals surface area (Å²) in [5, 5.41) is 3.05. The molecule has 2 aliphatic rings. The van der Waals surface area contributed by atoms with Crippen molar-refractivity contribution < 1.29 is 4.79 Å². The van der Waals surface area contributed by atoms with Crippen molar-refractivity contribution in [3.05, 3.63) is 29.8 Å². The first-order chi connectivity index (χ1) is 11.2. The van der Waals surface area contributed by atoms with Gasteiger partial charge in [-0.15, -0.1) is 0 Å². The highest BCUT2D eigenvalue weighted by molar-refractivity contribution is 5.91. The fourth-order valence-electron chi connectivity index (χ4n) is 3.89. The van der Waals surface area contributed by atoms with Crippen LogP contribution in [-0.2, 0) is 11.3 Å². The van der Waals surface area contributed by atoms with Gasteiger partial charge in [0.2, 0.25) is 5.91 Å². The number of amides is 1. The van der Waals surface area contributed by atoms with E-state index in [4.69, 9.17) is 5.73 Å². The zero-order valence-electron chi connectivity index (χ0n) is 14.0. The number of carbonyl (C=O) groups excluding carboxylic acids is 1. The van der Waals surface area contributed by atoms with E-state index in [-0.39, 0.29) is 11.9 Å². The van der Waals surface area contributed by atoms with Crippen molar-refractivity contribution in [3.8, 4) is 0 Å². The Morgan fingerprint density at radius 3 is 2.74 bits per heavy atom. The van der Waals surface area contributed by atoms with Crippen molar-refractivity contribution in [2.75, 3.05) is 18.4 Å². The highest BCUT2D eigenvalue weighted by atomic mass is 16.1. The Kier molecular flexibility index (Phi) is 5.68. The van der Waals surface area contributed by atoms with Crippen LogP contribution in [0, 0.1) is 5.92 Å². The normalized spacial score (nSPS) is 25.4. The molecule has 0 aromatic heterocycles. The van der Waals surface area contributed by atoms with Crippen LogP contribution in [0.2, 0.25) is 0 Å². The van der Waals surface area contributed by atoms with E-state index in [1.807, 2.05) is 12.1 Å². The third-order valence-corrected chi connectivity index (χ3v) is 5.23. The van der Waals surface area contributed by atoms with Crippen LogP contribution in [-0.4, -0.2) is 29.9 Å². The Balaban J connectivity index is 1.53. The van der Waals surface area contributed by atoms with E-state index in [9.17, 15) is 4.79 Å². The van der Waals surface area contributed by atoms with E-state index in [0.717, 1.165) is 31.5 Å². The molecule has 1 saturated carbocycles. The molecule has 1 saturated heterocycles. The largest absolute Gasteiger partial charge is 0.327 e. The molecule has 1 aliphatic heterocycles. The number of carbonyl (C=O) groups is 1. The molecule has 0 radical (unpaired) electrons. The Labute approximate surface area is 139 Å². The van der Waals surface area contributed by atoms with Crippen LogP contribution in [0.5, 0.6) is 0 Å². The second-order valence-corrected chi connectivity index (χ2v) is 7.14. The monoisotopic (exact) mass is 315 g/mol. The van der Waals surface area contributed by atoms with Crippen molar-refractivity contribution in [2.24, 2.45) is 11.7 Å². The highest BCUT2D eigenvalue weighted by Gasteiger charge is 2.26. The zero-order chi connectivity index (χ0) is 16.1. The van der Waals surface area contributed by atoms with E-state index < -0.39 is 0 Å². The van der Waals surface area contributed by atoms with Gasteiger partial charge in [-0.25, -0.2) is 0 Å². The SMILES string of the molecule is N[C@@H]1CCC[C@H]1CC(=O)Nc1cccc(CN2CCCCC2)c1. The van der Waals surface area contributed by atoms with Crippen molar-refractivity contribution in [3.63, 3.8) is 0 Å². The minimum absolute atomic E-state index is 0.0995. The molecule has 2 fully saturated rings. The summed E-state index contributed by atoms with van der Waals surface area (Å²) in [6.45, 7) is 3.36. The lowest BCUT2D eigenvalue weighted by Gasteiger charge is -2.26. The maximum Gasteiger partial charge on any atom is 0.224 e. The summed E-state index contributed by atoms with van der Waals surface area (Å²) in [5.41, 5.74) is 8.26. The molecule has 4 heteroatoms. The second kappa shape index (κ2) is 7.93. The van der Waals surface area contributed by atoms with Gasteiger partial charge in [0.25, 0.3) is 0 Å². The summed E-state index contributed by atoms with van der Waals surface area (Å²) in [6.07, 6.45) is 7.82. The second-order valence-electron chi connectivity index (χ2n) is 7.14. The predicted octanol–water partition coefficient (Wildman–Crippen LogP) is 3.13. The summed E-state index contributed by atoms with van der Waals surface area (Å²) >= 11 is 0. The third kappa shape index (κ3) is 4.79. The fourth-order valence-corrected chi connectivity index (χ4v) is 3.89. The summed E-state index contributed by atoms with van der Waals surface area (Å²) in [7, 11) is 0. The lowest BCUT2D eigenvalue weighted by Crippen LogP contribution is -2.29. The van der Waals surface area contributed by atoms with Gasteiger partial charge < -0.3 is 11.1 Å². The summed E-state index contributed by atoms with van der Waals surface area (Å²) in [6, 6.07) is 8.48. The first kappa shape index (κ1) is 16.5. The minimum atomic E-state index is 0.0995. The Morgan fingerprint density at radius 2 is 2.00 bits per heavy atom. The molecule has 1 aromatic carbocycles. The number of nitrogens with one attached hydrogen (secondary N) is 1. The van der Waals surface area contributed by atoms with Crippen LogP contribution in [0.3, 0.4) is 0 Å². The van der Waals surface area contributed by atoms with E-state index in [1.54, 1.807) is 0 Å². The fraction of sp³-hybridized carbons (Fsp3) is 0.632. The zero-order valence-corrected chi connectivity index (χ0v) is 14.0. The molecule has 1 heterocycles. The first-order valence-electron chi connectivity index (χ1n) is 9.07. The van der Waals surface area contributed by atoms with Gasteiger partial charge in [-0.05, 0) is 62.4 Å². The quantitative estimate of drug-likeness (QED) is 0.877. The van der Waals surface area contributed by atoms with Gasteiger partial charge in [0.15, 0.2) is 0 Å². The van der Waals surface area contributed by atoms with Gasteiger partial charge >= 0.3 is 0 Å². The van der Waals surface area contributed by atoms with Crippen molar-refractivity contribution in [2.45, 2.75) is 57.5 Å². The smallest absolute Gasteiger partial charge is 0.224 e. The number of hydrogen-bond acceptors (Lipinski definition) is 3. The first-order valence-corrected chi connectivity index (χ1v) is 9.07. The van der Waals surface area contributed by atoms with Crippen molar-refractivity contribution >= 4 is 11.6 Å². The van der Waals surface area contributed by atoms with Crippen molar-refractivity contribution in [1.29, 1.82) is 0 Å². The molecule has 23 heavy (non-hydrogen) atoms. The molecular formula is C19H29N3O. The van der Waals surface area contributed by atoms with Crippen LogP contribution < -0.4 is 11.1 Å². The summed E-state index contributed by atoms with van der Waals surface area (Å²) in [5.74, 6) is 0.453. The molecule has 1 amide bonds.